The molecule has 0 aliphatic carbocycles. The van der Waals surface area contributed by atoms with E-state index in [9.17, 15) is 4.79 Å². The van der Waals surface area contributed by atoms with Gasteiger partial charge in [-0.3, -0.25) is 4.79 Å². The van der Waals surface area contributed by atoms with E-state index in [2.05, 4.69) is 31.9 Å². The van der Waals surface area contributed by atoms with Gasteiger partial charge in [-0.25, -0.2) is 9.97 Å². The third-order valence-corrected chi connectivity index (χ3v) is 5.61. The van der Waals surface area contributed by atoms with E-state index < -0.39 is 0 Å². The summed E-state index contributed by atoms with van der Waals surface area (Å²) in [6.07, 6.45) is 8.36. The molecule has 1 aromatic carbocycles. The average Bonchev–Trinajstić information content (AvgIpc) is 2.84. The first-order valence-corrected chi connectivity index (χ1v) is 9.13. The molecule has 2 aliphatic rings. The highest BCUT2D eigenvalue weighted by Gasteiger charge is 2.45. The zero-order chi connectivity index (χ0) is 17.1. The van der Waals surface area contributed by atoms with E-state index in [1.807, 2.05) is 24.3 Å². The van der Waals surface area contributed by atoms with E-state index in [1.165, 1.54) is 5.56 Å². The fraction of sp³-hybridized carbons (Fsp3) is 0.450. The number of hydrogen-bond donors (Lipinski definition) is 0. The summed E-state index contributed by atoms with van der Waals surface area (Å²) in [7, 11) is 0. The van der Waals surface area contributed by atoms with Crippen LogP contribution < -0.4 is 4.90 Å². The van der Waals surface area contributed by atoms with Crippen molar-refractivity contribution in [3.63, 3.8) is 0 Å². The molecule has 1 spiro atoms. The topological polar surface area (TPSA) is 49.3 Å². The monoisotopic (exact) mass is 336 g/mol. The molecule has 5 nitrogen and oxygen atoms in total. The van der Waals surface area contributed by atoms with Crippen LogP contribution in [0.25, 0.3) is 0 Å². The minimum Gasteiger partial charge on any atom is -0.341 e. The fourth-order valence-corrected chi connectivity index (χ4v) is 4.25. The zero-order valence-corrected chi connectivity index (χ0v) is 14.5. The molecule has 1 aromatic heterocycles. The van der Waals surface area contributed by atoms with E-state index in [1.54, 1.807) is 12.4 Å². The summed E-state index contributed by atoms with van der Waals surface area (Å²) in [4.78, 5) is 25.8. The first kappa shape index (κ1) is 16.1. The Hall–Kier alpha value is -2.43. The second kappa shape index (κ2) is 6.82. The SMILES string of the molecule is O=C1CC[C@@]2(CCCN(c3ncccn3)CC2)N1Cc1ccccc1. The standard InChI is InChI=1S/C20H24N4O/c25-18-8-10-20(24(18)16-17-6-2-1-3-7-17)9-4-14-23(15-11-20)19-21-12-5-13-22-19/h1-3,5-7,12-13H,4,8-11,14-16H2/t20-/m1/s1. The van der Waals surface area contributed by atoms with Gasteiger partial charge in [0.25, 0.3) is 0 Å². The summed E-state index contributed by atoms with van der Waals surface area (Å²) >= 11 is 0. The summed E-state index contributed by atoms with van der Waals surface area (Å²) in [5, 5.41) is 0. The van der Waals surface area contributed by atoms with Crippen LogP contribution in [0.5, 0.6) is 0 Å². The van der Waals surface area contributed by atoms with Crippen molar-refractivity contribution < 1.29 is 4.79 Å². The van der Waals surface area contributed by atoms with Crippen LogP contribution in [0.1, 0.15) is 37.7 Å². The summed E-state index contributed by atoms with van der Waals surface area (Å²) in [5.74, 6) is 1.10. The maximum absolute atomic E-state index is 12.6. The van der Waals surface area contributed by atoms with Crippen molar-refractivity contribution in [2.75, 3.05) is 18.0 Å². The van der Waals surface area contributed by atoms with E-state index >= 15 is 0 Å². The van der Waals surface area contributed by atoms with Crippen LogP contribution in [0, 0.1) is 0 Å². The van der Waals surface area contributed by atoms with Crippen LogP contribution in [-0.2, 0) is 11.3 Å². The molecule has 2 saturated heterocycles. The third-order valence-electron chi connectivity index (χ3n) is 5.61. The van der Waals surface area contributed by atoms with Crippen LogP contribution in [0.3, 0.4) is 0 Å². The predicted octanol–water partition coefficient (Wildman–Crippen LogP) is 3.03. The Morgan fingerprint density at radius 3 is 2.56 bits per heavy atom. The van der Waals surface area contributed by atoms with E-state index in [0.29, 0.717) is 12.3 Å². The summed E-state index contributed by atoms with van der Waals surface area (Å²) in [6, 6.07) is 12.2. The van der Waals surface area contributed by atoms with Gasteiger partial charge in [0, 0.05) is 44.0 Å². The van der Waals surface area contributed by atoms with Gasteiger partial charge in [0.2, 0.25) is 11.9 Å². The van der Waals surface area contributed by atoms with Gasteiger partial charge in [0.05, 0.1) is 0 Å². The van der Waals surface area contributed by atoms with E-state index in [0.717, 1.165) is 51.3 Å². The molecule has 3 heterocycles. The normalized spacial score (nSPS) is 23.9. The molecule has 4 rings (SSSR count). The van der Waals surface area contributed by atoms with Gasteiger partial charge in [-0.2, -0.15) is 0 Å². The number of amides is 1. The quantitative estimate of drug-likeness (QED) is 0.864. The Morgan fingerprint density at radius 2 is 1.76 bits per heavy atom. The summed E-state index contributed by atoms with van der Waals surface area (Å²) in [6.45, 7) is 2.59. The molecule has 2 aromatic rings. The van der Waals surface area contributed by atoms with Crippen molar-refractivity contribution in [1.29, 1.82) is 0 Å². The van der Waals surface area contributed by atoms with Crippen LogP contribution >= 0.6 is 0 Å². The number of carbonyl (C=O) groups is 1. The highest BCUT2D eigenvalue weighted by molar-refractivity contribution is 5.79. The lowest BCUT2D eigenvalue weighted by atomic mass is 9.87. The second-order valence-electron chi connectivity index (χ2n) is 7.08. The van der Waals surface area contributed by atoms with Crippen molar-refractivity contribution in [2.45, 2.75) is 44.2 Å². The molecule has 5 heteroatoms. The van der Waals surface area contributed by atoms with Crippen LogP contribution in [0.2, 0.25) is 0 Å². The lowest BCUT2D eigenvalue weighted by Crippen LogP contribution is -2.46. The number of carbonyl (C=O) groups excluding carboxylic acids is 1. The van der Waals surface area contributed by atoms with Crippen molar-refractivity contribution >= 4 is 11.9 Å². The van der Waals surface area contributed by atoms with Crippen LogP contribution in [0.15, 0.2) is 48.8 Å². The summed E-state index contributed by atoms with van der Waals surface area (Å²) in [5.41, 5.74) is 1.21. The molecule has 130 valence electrons. The third kappa shape index (κ3) is 3.23. The Labute approximate surface area is 148 Å². The Kier molecular flexibility index (Phi) is 4.38. The van der Waals surface area contributed by atoms with Gasteiger partial charge in [-0.1, -0.05) is 30.3 Å². The molecule has 0 N–H and O–H groups in total. The highest BCUT2D eigenvalue weighted by Crippen LogP contribution is 2.40. The lowest BCUT2D eigenvalue weighted by Gasteiger charge is -2.38. The number of likely N-dealkylation sites (tertiary alicyclic amines) is 1. The van der Waals surface area contributed by atoms with Gasteiger partial charge in [0.1, 0.15) is 0 Å². The number of benzene rings is 1. The number of aromatic nitrogens is 2. The van der Waals surface area contributed by atoms with Crippen molar-refractivity contribution in [3.05, 3.63) is 54.4 Å². The zero-order valence-electron chi connectivity index (χ0n) is 14.5. The van der Waals surface area contributed by atoms with Gasteiger partial charge < -0.3 is 9.80 Å². The average molecular weight is 336 g/mol. The van der Waals surface area contributed by atoms with Crippen LogP contribution in [-0.4, -0.2) is 39.4 Å². The van der Waals surface area contributed by atoms with E-state index in [-0.39, 0.29) is 5.54 Å². The van der Waals surface area contributed by atoms with Gasteiger partial charge in [-0.15, -0.1) is 0 Å². The molecule has 2 aliphatic heterocycles. The van der Waals surface area contributed by atoms with Crippen molar-refractivity contribution in [1.82, 2.24) is 14.9 Å². The molecule has 2 fully saturated rings. The van der Waals surface area contributed by atoms with Gasteiger partial charge in [-0.05, 0) is 37.3 Å². The molecule has 0 bridgehead atoms. The summed E-state index contributed by atoms with van der Waals surface area (Å²) < 4.78 is 0. The molecular formula is C20H24N4O. The maximum atomic E-state index is 12.6. The molecule has 1 amide bonds. The highest BCUT2D eigenvalue weighted by atomic mass is 16.2. The van der Waals surface area contributed by atoms with Gasteiger partial charge >= 0.3 is 0 Å². The Bertz CT molecular complexity index is 721. The fourth-order valence-electron chi connectivity index (χ4n) is 4.25. The first-order valence-electron chi connectivity index (χ1n) is 9.13. The minimum atomic E-state index is -0.00352. The lowest BCUT2D eigenvalue weighted by molar-refractivity contribution is -0.132. The molecule has 0 radical (unpaired) electrons. The Morgan fingerprint density at radius 1 is 0.960 bits per heavy atom. The number of anilines is 1. The van der Waals surface area contributed by atoms with Crippen LogP contribution in [0.4, 0.5) is 5.95 Å². The molecule has 0 saturated carbocycles. The molecule has 1 atom stereocenters. The van der Waals surface area contributed by atoms with Gasteiger partial charge in [0.15, 0.2) is 0 Å². The molecule has 0 unspecified atom stereocenters. The van der Waals surface area contributed by atoms with Crippen molar-refractivity contribution in [3.8, 4) is 0 Å². The molecular weight excluding hydrogens is 312 g/mol. The smallest absolute Gasteiger partial charge is 0.225 e. The van der Waals surface area contributed by atoms with E-state index in [4.69, 9.17) is 0 Å². The number of hydrogen-bond acceptors (Lipinski definition) is 4. The largest absolute Gasteiger partial charge is 0.341 e. The second-order valence-corrected chi connectivity index (χ2v) is 7.08. The maximum Gasteiger partial charge on any atom is 0.225 e. The predicted molar refractivity (Wildman–Crippen MR) is 97.1 cm³/mol. The Balaban J connectivity index is 1.53. The first-order chi connectivity index (χ1) is 12.3. The molecule has 25 heavy (non-hydrogen) atoms. The number of nitrogens with zero attached hydrogens (tertiary/aromatic N) is 4. The minimum absolute atomic E-state index is 0.00352. The van der Waals surface area contributed by atoms with Crippen molar-refractivity contribution in [2.24, 2.45) is 0 Å². The number of rotatable bonds is 3.